The molecule has 1 aromatic rings. The number of hydrogen-bond donors (Lipinski definition) is 2. The predicted octanol–water partition coefficient (Wildman–Crippen LogP) is -1.84. The molecule has 138 valence electrons. The number of benzene rings is 1. The second-order valence-corrected chi connectivity index (χ2v) is 7.33. The summed E-state index contributed by atoms with van der Waals surface area (Å²) in [7, 11) is 4.38. The van der Waals surface area contributed by atoms with E-state index >= 15 is 0 Å². The van der Waals surface area contributed by atoms with E-state index in [1.165, 1.54) is 12.1 Å². The molecule has 0 radical (unpaired) electrons. The zero-order valence-corrected chi connectivity index (χ0v) is 16.1. The van der Waals surface area contributed by atoms with Gasteiger partial charge in [-0.2, -0.15) is 0 Å². The highest BCUT2D eigenvalue weighted by atomic mass is 35.5. The second kappa shape index (κ2) is 9.47. The number of halogens is 1. The minimum atomic E-state index is 0. The number of anilines is 2. The highest BCUT2D eigenvalue weighted by molar-refractivity contribution is 5.58. The van der Waals surface area contributed by atoms with Crippen molar-refractivity contribution in [2.24, 2.45) is 0 Å². The number of nitrogens with two attached hydrogens (primary N) is 1. The molecule has 0 aromatic heterocycles. The zero-order valence-electron chi connectivity index (χ0n) is 15.3. The molecule has 1 saturated heterocycles. The lowest BCUT2D eigenvalue weighted by Crippen LogP contribution is -3.00. The van der Waals surface area contributed by atoms with Gasteiger partial charge in [0.2, 0.25) is 0 Å². The Morgan fingerprint density at radius 2 is 1.88 bits per heavy atom. The number of rotatable bonds is 6. The summed E-state index contributed by atoms with van der Waals surface area (Å²) in [5.41, 5.74) is 9.25. The van der Waals surface area contributed by atoms with Crippen molar-refractivity contribution in [2.75, 3.05) is 77.1 Å². The van der Waals surface area contributed by atoms with E-state index in [0.29, 0.717) is 0 Å². The normalized spacial score (nSPS) is 16.6. The van der Waals surface area contributed by atoms with Gasteiger partial charge in [0.1, 0.15) is 6.54 Å². The summed E-state index contributed by atoms with van der Waals surface area (Å²) < 4.78 is 0.883. The molecule has 1 aromatic carbocycles. The monoisotopic (exact) mass is 356 g/mol. The van der Waals surface area contributed by atoms with E-state index in [9.17, 15) is 0 Å². The second-order valence-electron chi connectivity index (χ2n) is 7.33. The minimum Gasteiger partial charge on any atom is -1.00 e. The number of aryl methyl sites for hydroxylation is 1. The number of aliphatic hydroxyl groups is 1. The van der Waals surface area contributed by atoms with Crippen molar-refractivity contribution in [3.05, 3.63) is 23.8 Å². The summed E-state index contributed by atoms with van der Waals surface area (Å²) in [5, 5.41) is 9.14. The van der Waals surface area contributed by atoms with Crippen LogP contribution in [0.5, 0.6) is 0 Å². The van der Waals surface area contributed by atoms with E-state index in [1.807, 2.05) is 6.07 Å². The van der Waals surface area contributed by atoms with Gasteiger partial charge < -0.3 is 32.6 Å². The Bertz CT molecular complexity index is 510. The lowest BCUT2D eigenvalue weighted by Gasteiger charge is -2.31. The fraction of sp³-hybridized carbons (Fsp3) is 0.667. The Balaban J connectivity index is 0.00000288. The van der Waals surface area contributed by atoms with Crippen LogP contribution in [0.25, 0.3) is 0 Å². The lowest BCUT2D eigenvalue weighted by molar-refractivity contribution is -0.890. The van der Waals surface area contributed by atoms with Crippen molar-refractivity contribution in [3.63, 3.8) is 0 Å². The van der Waals surface area contributed by atoms with Gasteiger partial charge in [-0.05, 0) is 37.1 Å². The van der Waals surface area contributed by atoms with Crippen molar-refractivity contribution in [3.8, 4) is 0 Å². The summed E-state index contributed by atoms with van der Waals surface area (Å²) in [4.78, 5) is 5.03. The van der Waals surface area contributed by atoms with Gasteiger partial charge in [-0.25, -0.2) is 0 Å². The van der Waals surface area contributed by atoms with Crippen LogP contribution >= 0.6 is 0 Å². The van der Waals surface area contributed by atoms with Crippen molar-refractivity contribution < 1.29 is 22.0 Å². The maximum absolute atomic E-state index is 9.14. The van der Waals surface area contributed by atoms with Gasteiger partial charge in [0.15, 0.2) is 0 Å². The first kappa shape index (κ1) is 21.0. The number of quaternary nitrogens is 1. The first-order valence-electron chi connectivity index (χ1n) is 8.67. The molecule has 1 heterocycles. The smallest absolute Gasteiger partial charge is 0.102 e. The minimum absolute atomic E-state index is 0. The van der Waals surface area contributed by atoms with Crippen LogP contribution in [0.2, 0.25) is 0 Å². The van der Waals surface area contributed by atoms with Gasteiger partial charge in [0.05, 0.1) is 27.2 Å². The zero-order chi connectivity index (χ0) is 16.9. The van der Waals surface area contributed by atoms with Gasteiger partial charge in [0.25, 0.3) is 0 Å². The molecule has 24 heavy (non-hydrogen) atoms. The molecule has 0 atom stereocenters. The van der Waals surface area contributed by atoms with E-state index in [1.54, 1.807) is 0 Å². The molecular weight excluding hydrogens is 324 g/mol. The summed E-state index contributed by atoms with van der Waals surface area (Å²) in [6.07, 6.45) is 1.19. The number of nitrogen functional groups attached to an aromatic ring is 1. The summed E-state index contributed by atoms with van der Waals surface area (Å²) in [6, 6.07) is 6.35. The first-order valence-corrected chi connectivity index (χ1v) is 8.67. The number of likely N-dealkylation sites (N-methyl/N-ethyl adjacent to an activating group) is 1. The maximum atomic E-state index is 9.14. The first-order chi connectivity index (χ1) is 10.9. The van der Waals surface area contributed by atoms with Crippen molar-refractivity contribution in [2.45, 2.75) is 13.3 Å². The molecule has 5 nitrogen and oxygen atoms in total. The molecule has 1 aliphatic rings. The average molecular weight is 357 g/mol. The van der Waals surface area contributed by atoms with Crippen molar-refractivity contribution >= 4 is 11.4 Å². The third-order valence-corrected chi connectivity index (χ3v) is 4.93. The molecule has 3 N–H and O–H groups in total. The van der Waals surface area contributed by atoms with Crippen LogP contribution in [0.15, 0.2) is 18.2 Å². The van der Waals surface area contributed by atoms with Crippen LogP contribution < -0.4 is 23.0 Å². The molecule has 0 aliphatic carbocycles. The van der Waals surface area contributed by atoms with E-state index in [0.717, 1.165) is 61.5 Å². The number of nitrogens with zero attached hydrogens (tertiary/aromatic N) is 3. The SMILES string of the molecule is Cc1cc(N2CCCN(CC[N+](C)(C)CCO)CC2)ccc1N.[Cl-]. The van der Waals surface area contributed by atoms with Crippen LogP contribution in [0.4, 0.5) is 11.4 Å². The topological polar surface area (TPSA) is 52.7 Å². The molecule has 0 spiro atoms. The van der Waals surface area contributed by atoms with E-state index < -0.39 is 0 Å². The van der Waals surface area contributed by atoms with Gasteiger partial charge in [-0.1, -0.05) is 0 Å². The number of aliphatic hydroxyl groups excluding tert-OH is 1. The van der Waals surface area contributed by atoms with E-state index in [-0.39, 0.29) is 19.0 Å². The Morgan fingerprint density at radius 1 is 1.12 bits per heavy atom. The standard InChI is InChI=1S/C18H33N4O.ClH/c1-16-15-17(5-6-18(16)19)21-8-4-7-20(9-10-21)11-12-22(2,3)13-14-23;/h5-6,15,23H,4,7-14,19H2,1-3H3;1H/q+1;/p-1. The molecule has 6 heteroatoms. The van der Waals surface area contributed by atoms with E-state index in [2.05, 4.69) is 43.0 Å². The highest BCUT2D eigenvalue weighted by Crippen LogP contribution is 2.21. The van der Waals surface area contributed by atoms with Crippen LogP contribution in [0.1, 0.15) is 12.0 Å². The summed E-state index contributed by atoms with van der Waals surface area (Å²) in [6.45, 7) is 9.77. The molecule has 1 fully saturated rings. The lowest BCUT2D eigenvalue weighted by atomic mass is 10.1. The van der Waals surface area contributed by atoms with Gasteiger partial charge in [0, 0.05) is 44.1 Å². The molecule has 0 unspecified atom stereocenters. The van der Waals surface area contributed by atoms with Gasteiger partial charge >= 0.3 is 0 Å². The van der Waals surface area contributed by atoms with E-state index in [4.69, 9.17) is 10.8 Å². The van der Waals surface area contributed by atoms with Crippen LogP contribution in [-0.4, -0.2) is 81.0 Å². The quantitative estimate of drug-likeness (QED) is 0.465. The van der Waals surface area contributed by atoms with Gasteiger partial charge in [-0.3, -0.25) is 4.90 Å². The Hall–Kier alpha value is -1.01. The molecule has 0 amide bonds. The van der Waals surface area contributed by atoms with Crippen molar-refractivity contribution in [1.82, 2.24) is 4.90 Å². The predicted molar refractivity (Wildman–Crippen MR) is 97.8 cm³/mol. The number of hydrogen-bond acceptors (Lipinski definition) is 4. The summed E-state index contributed by atoms with van der Waals surface area (Å²) >= 11 is 0. The largest absolute Gasteiger partial charge is 1.00 e. The summed E-state index contributed by atoms with van der Waals surface area (Å²) in [5.74, 6) is 0. The van der Waals surface area contributed by atoms with Crippen LogP contribution in [0, 0.1) is 6.92 Å². The third kappa shape index (κ3) is 6.13. The average Bonchev–Trinajstić information content (AvgIpc) is 2.74. The van der Waals surface area contributed by atoms with Crippen LogP contribution in [0.3, 0.4) is 0 Å². The Morgan fingerprint density at radius 3 is 2.54 bits per heavy atom. The fourth-order valence-electron chi connectivity index (χ4n) is 3.10. The molecule has 0 bridgehead atoms. The molecular formula is C18H33ClN4O. The Kier molecular flexibility index (Phi) is 8.30. The fourth-order valence-corrected chi connectivity index (χ4v) is 3.10. The maximum Gasteiger partial charge on any atom is 0.102 e. The molecule has 1 aliphatic heterocycles. The third-order valence-electron chi connectivity index (χ3n) is 4.93. The molecule has 0 saturated carbocycles. The van der Waals surface area contributed by atoms with Crippen LogP contribution in [-0.2, 0) is 0 Å². The van der Waals surface area contributed by atoms with Gasteiger partial charge in [-0.15, -0.1) is 0 Å². The highest BCUT2D eigenvalue weighted by Gasteiger charge is 2.19. The Labute approximate surface area is 153 Å². The van der Waals surface area contributed by atoms with Crippen molar-refractivity contribution in [1.29, 1.82) is 0 Å². The molecule has 2 rings (SSSR count).